The minimum Gasteiger partial charge on any atom is -0.463 e. The molecule has 0 saturated carbocycles. The molecule has 0 radical (unpaired) electrons. The van der Waals surface area contributed by atoms with Crippen LogP contribution in [0, 0.1) is 0 Å². The molecule has 21 heteroatoms. The van der Waals surface area contributed by atoms with Crippen molar-refractivity contribution in [3.8, 4) is 0 Å². The first kappa shape index (κ1) is 65.3. The van der Waals surface area contributed by atoms with E-state index < -0.39 is 167 Å². The predicted molar refractivity (Wildman–Crippen MR) is 269 cm³/mol. The molecule has 4 heterocycles. The number of hydrogen-bond acceptors (Lipinski definition) is 21. The average Bonchev–Trinajstić information content (AvgIpc) is 3.38. The highest BCUT2D eigenvalue weighted by molar-refractivity contribution is 5.70. The highest BCUT2D eigenvalue weighted by Gasteiger charge is 2.49. The second kappa shape index (κ2) is 36.1. The summed E-state index contributed by atoms with van der Waals surface area (Å²) in [5, 5.41) is 99.2. The molecule has 4 aliphatic rings. The molecule has 0 aliphatic carbocycles. The van der Waals surface area contributed by atoms with Gasteiger partial charge in [0, 0.05) is 0 Å². The molecule has 0 aromatic heterocycles. The first-order valence-electron chi connectivity index (χ1n) is 28.6. The molecule has 21 nitrogen and oxygen atoms in total. The zero-order chi connectivity index (χ0) is 54.7. The largest absolute Gasteiger partial charge is 0.463 e. The number of carbonyl (C=O) groups is 3. The van der Waals surface area contributed by atoms with Crippen LogP contribution in [0.3, 0.4) is 0 Å². The fraction of sp³-hybridized carbons (Fsp3) is 0.944. The summed E-state index contributed by atoms with van der Waals surface area (Å²) in [7, 11) is 0. The number of carbonyl (C=O) groups excluding carboxylic acids is 3. The fourth-order valence-corrected chi connectivity index (χ4v) is 9.97. The van der Waals surface area contributed by atoms with Gasteiger partial charge in [0.15, 0.2) is 18.9 Å². The highest BCUT2D eigenvalue weighted by atomic mass is 16.7. The van der Waals surface area contributed by atoms with E-state index in [1.807, 2.05) is 0 Å². The van der Waals surface area contributed by atoms with Crippen LogP contribution >= 0.6 is 0 Å². The molecule has 4 saturated heterocycles. The molecule has 6 bridgehead atoms. The van der Waals surface area contributed by atoms with E-state index in [0.717, 1.165) is 116 Å². The standard InChI is InChI=1S/C54H96O21/c1-4-7-10-13-16-19-22-25-34-28-40(55)67-31-38-44(59)47(62)50(65)53(74-38)71-36(27-24-21-18-15-12-9-6-3)30-42(57)69-33-39-45(60)48(63)51(66)54(75-39)72-35(26-23-20-17-14-11-8-5-2)29-41(56)68-32-37-43(58)46(61)49(64)52(70-34)73-37/h34-39,43-54,58-66H,4-33H2,1-3H3/t34-,35-,36-,37-,38-,39-,43+,44+,45+,46+,47+,48+,49-,50-,51-,52-,53-,54-/m1/s1. The molecule has 438 valence electrons. The van der Waals surface area contributed by atoms with Gasteiger partial charge < -0.3 is 88.6 Å². The quantitative estimate of drug-likeness (QED) is 0.0377. The van der Waals surface area contributed by atoms with E-state index in [0.29, 0.717) is 19.3 Å². The lowest BCUT2D eigenvalue weighted by Crippen LogP contribution is -2.60. The van der Waals surface area contributed by atoms with Crippen molar-refractivity contribution in [2.45, 2.75) is 305 Å². The molecule has 0 aromatic rings. The lowest BCUT2D eigenvalue weighted by atomic mass is 9.98. The first-order chi connectivity index (χ1) is 36.1. The van der Waals surface area contributed by atoms with Crippen LogP contribution in [0.25, 0.3) is 0 Å². The Kier molecular flexibility index (Phi) is 31.5. The van der Waals surface area contributed by atoms with Crippen LogP contribution in [0.4, 0.5) is 0 Å². The summed E-state index contributed by atoms with van der Waals surface area (Å²) in [6, 6.07) is 0. The number of esters is 3. The Labute approximate surface area is 444 Å². The van der Waals surface area contributed by atoms with Crippen LogP contribution in [0.1, 0.15) is 194 Å². The Morgan fingerprint density at radius 2 is 0.533 bits per heavy atom. The number of aliphatic hydroxyl groups is 9. The number of hydrogen-bond donors (Lipinski definition) is 9. The fourth-order valence-electron chi connectivity index (χ4n) is 9.97. The highest BCUT2D eigenvalue weighted by Crippen LogP contribution is 2.30. The zero-order valence-corrected chi connectivity index (χ0v) is 45.0. The van der Waals surface area contributed by atoms with Gasteiger partial charge in [0.1, 0.15) is 93.1 Å². The van der Waals surface area contributed by atoms with Crippen molar-refractivity contribution in [1.82, 2.24) is 0 Å². The second-order valence-electron chi connectivity index (χ2n) is 21.2. The van der Waals surface area contributed by atoms with Crippen LogP contribution < -0.4 is 0 Å². The number of ether oxygens (including phenoxy) is 9. The number of unbranched alkanes of at least 4 members (excludes halogenated alkanes) is 18. The van der Waals surface area contributed by atoms with E-state index in [-0.39, 0.29) is 19.3 Å². The van der Waals surface area contributed by atoms with Crippen LogP contribution in [0.15, 0.2) is 0 Å². The molecular formula is C54H96O21. The predicted octanol–water partition coefficient (Wildman–Crippen LogP) is 3.80. The van der Waals surface area contributed by atoms with Gasteiger partial charge in [-0.05, 0) is 19.3 Å². The third kappa shape index (κ3) is 22.8. The van der Waals surface area contributed by atoms with Gasteiger partial charge in [-0.25, -0.2) is 0 Å². The Balaban J connectivity index is 1.61. The van der Waals surface area contributed by atoms with Crippen LogP contribution in [-0.4, -0.2) is 194 Å². The first-order valence-corrected chi connectivity index (χ1v) is 28.6. The molecule has 4 fully saturated rings. The number of aliphatic hydroxyl groups excluding tert-OH is 9. The summed E-state index contributed by atoms with van der Waals surface area (Å²) in [5.74, 6) is -2.47. The van der Waals surface area contributed by atoms with Gasteiger partial charge in [0.2, 0.25) is 0 Å². The maximum Gasteiger partial charge on any atom is 0.308 e. The van der Waals surface area contributed by atoms with Crippen molar-refractivity contribution in [1.29, 1.82) is 0 Å². The Bertz CT molecular complexity index is 1380. The summed E-state index contributed by atoms with van der Waals surface area (Å²) in [4.78, 5) is 40.7. The third-order valence-electron chi connectivity index (χ3n) is 14.8. The summed E-state index contributed by atoms with van der Waals surface area (Å²) in [5.41, 5.74) is 0. The summed E-state index contributed by atoms with van der Waals surface area (Å²) >= 11 is 0. The van der Waals surface area contributed by atoms with Crippen molar-refractivity contribution in [2.24, 2.45) is 0 Å². The Morgan fingerprint density at radius 3 is 0.773 bits per heavy atom. The molecule has 9 N–H and O–H groups in total. The monoisotopic (exact) mass is 1080 g/mol. The average molecular weight is 1080 g/mol. The molecule has 0 spiro atoms. The lowest BCUT2D eigenvalue weighted by molar-refractivity contribution is -0.314. The Hall–Kier alpha value is -2.19. The third-order valence-corrected chi connectivity index (χ3v) is 14.8. The van der Waals surface area contributed by atoms with Crippen molar-refractivity contribution in [2.75, 3.05) is 19.8 Å². The van der Waals surface area contributed by atoms with Crippen LogP contribution in [0.2, 0.25) is 0 Å². The molecule has 4 aliphatic heterocycles. The second-order valence-corrected chi connectivity index (χ2v) is 21.2. The van der Waals surface area contributed by atoms with Crippen molar-refractivity contribution in [3.63, 3.8) is 0 Å². The SMILES string of the molecule is CCCCCCCCC[C@@H]1CC(=O)OC[C@H]2O[C@@H](O[C@H](CCCCCCCCC)CC(=O)OC[C@H]3O[C@@H](O[C@H](CCCCCCCCC)CC(=O)OC[C@H]4O[C@@H](O1)[C@H](O)[C@@H](O)[C@H]4O)[C@H](O)[C@@H](O)[C@H]3O)[C@H](O)[C@@H](O)[C@H]2O. The maximum atomic E-state index is 13.6. The van der Waals surface area contributed by atoms with E-state index in [1.54, 1.807) is 0 Å². The van der Waals surface area contributed by atoms with Gasteiger partial charge in [0.05, 0.1) is 37.6 Å². The molecule has 0 aromatic carbocycles. The van der Waals surface area contributed by atoms with Gasteiger partial charge in [-0.3, -0.25) is 14.4 Å². The van der Waals surface area contributed by atoms with Crippen LogP contribution in [-0.2, 0) is 57.0 Å². The van der Waals surface area contributed by atoms with Gasteiger partial charge in [-0.2, -0.15) is 0 Å². The minimum absolute atomic E-state index is 0.288. The van der Waals surface area contributed by atoms with E-state index in [2.05, 4.69) is 20.8 Å². The molecular weight excluding hydrogens is 985 g/mol. The summed E-state index contributed by atoms with van der Waals surface area (Å²) in [6.45, 7) is 4.57. The molecule has 75 heavy (non-hydrogen) atoms. The van der Waals surface area contributed by atoms with E-state index in [9.17, 15) is 60.3 Å². The summed E-state index contributed by atoms with van der Waals surface area (Å²) < 4.78 is 52.9. The van der Waals surface area contributed by atoms with Gasteiger partial charge in [-0.15, -0.1) is 0 Å². The van der Waals surface area contributed by atoms with E-state index in [1.165, 1.54) is 0 Å². The normalized spacial score (nSPS) is 36.2. The smallest absolute Gasteiger partial charge is 0.308 e. The Morgan fingerprint density at radius 1 is 0.307 bits per heavy atom. The van der Waals surface area contributed by atoms with Crippen molar-refractivity contribution in [3.05, 3.63) is 0 Å². The topological polar surface area (TPSA) is 316 Å². The lowest BCUT2D eigenvalue weighted by Gasteiger charge is -2.41. The minimum atomic E-state index is -1.82. The zero-order valence-electron chi connectivity index (χ0n) is 45.0. The maximum absolute atomic E-state index is 13.6. The number of rotatable bonds is 24. The van der Waals surface area contributed by atoms with Gasteiger partial charge >= 0.3 is 17.9 Å². The van der Waals surface area contributed by atoms with Crippen LogP contribution in [0.5, 0.6) is 0 Å². The van der Waals surface area contributed by atoms with Gasteiger partial charge in [-0.1, -0.05) is 156 Å². The molecule has 0 amide bonds. The van der Waals surface area contributed by atoms with Gasteiger partial charge in [0.25, 0.3) is 0 Å². The molecule has 4 rings (SSSR count). The number of fused-ring (bicyclic) bond motifs is 6. The van der Waals surface area contributed by atoms with Crippen molar-refractivity contribution >= 4 is 17.9 Å². The summed E-state index contributed by atoms with van der Waals surface area (Å²) in [6.07, 6.45) is -8.42. The molecule has 0 unspecified atom stereocenters. The van der Waals surface area contributed by atoms with E-state index >= 15 is 0 Å². The van der Waals surface area contributed by atoms with Crippen molar-refractivity contribution < 1.29 is 103 Å². The van der Waals surface area contributed by atoms with E-state index in [4.69, 9.17) is 42.6 Å². The number of cyclic esters (lactones) is 3. The molecule has 18 atom stereocenters.